The third kappa shape index (κ3) is 2.86. The second kappa shape index (κ2) is 5.76. The van der Waals surface area contributed by atoms with Crippen molar-refractivity contribution in [1.29, 1.82) is 0 Å². The molecule has 0 fully saturated rings. The molecule has 0 aliphatic rings. The number of aryl methyl sites for hydroxylation is 3. The van der Waals surface area contributed by atoms with E-state index in [9.17, 15) is 4.79 Å². The third-order valence-electron chi connectivity index (χ3n) is 3.95. The number of nitrogens with zero attached hydrogens (tertiary/aromatic N) is 2. The lowest BCUT2D eigenvalue weighted by molar-refractivity contribution is 0.0950. The topological polar surface area (TPSA) is 62.7 Å². The molecule has 114 valence electrons. The van der Waals surface area contributed by atoms with Crippen LogP contribution in [0.2, 0.25) is 0 Å². The molecule has 0 aliphatic carbocycles. The molecular formula is C16H24N4O. The highest BCUT2D eigenvalue weighted by molar-refractivity contribution is 5.95. The fourth-order valence-electron chi connectivity index (χ4n) is 2.90. The van der Waals surface area contributed by atoms with Gasteiger partial charge in [0, 0.05) is 35.2 Å². The number of hydrogen-bond acceptors (Lipinski definition) is 2. The monoisotopic (exact) mass is 288 g/mol. The van der Waals surface area contributed by atoms with E-state index in [0.29, 0.717) is 12.6 Å². The van der Waals surface area contributed by atoms with Crippen LogP contribution in [0.15, 0.2) is 6.07 Å². The van der Waals surface area contributed by atoms with Crippen molar-refractivity contribution in [3.05, 3.63) is 40.0 Å². The van der Waals surface area contributed by atoms with Crippen molar-refractivity contribution in [3.63, 3.8) is 0 Å². The van der Waals surface area contributed by atoms with Crippen LogP contribution in [0.3, 0.4) is 0 Å². The second-order valence-electron chi connectivity index (χ2n) is 5.84. The average Bonchev–Trinajstić information content (AvgIpc) is 2.87. The quantitative estimate of drug-likeness (QED) is 0.908. The molecule has 5 heteroatoms. The zero-order valence-corrected chi connectivity index (χ0v) is 13.7. The van der Waals surface area contributed by atoms with Gasteiger partial charge in [-0.25, -0.2) is 0 Å². The minimum Gasteiger partial charge on any atom is -0.348 e. The van der Waals surface area contributed by atoms with Gasteiger partial charge in [-0.3, -0.25) is 9.89 Å². The first-order valence-electron chi connectivity index (χ1n) is 7.30. The summed E-state index contributed by atoms with van der Waals surface area (Å²) in [6.45, 7) is 12.7. The van der Waals surface area contributed by atoms with E-state index in [2.05, 4.69) is 33.9 Å². The van der Waals surface area contributed by atoms with Crippen molar-refractivity contribution in [2.45, 2.75) is 54.1 Å². The summed E-state index contributed by atoms with van der Waals surface area (Å²) in [5.41, 5.74) is 5.87. The normalized spacial score (nSPS) is 11.2. The number of H-pyrrole nitrogens is 1. The number of nitrogens with one attached hydrogen (secondary N) is 2. The van der Waals surface area contributed by atoms with Gasteiger partial charge in [0.1, 0.15) is 0 Å². The Morgan fingerprint density at radius 1 is 1.33 bits per heavy atom. The van der Waals surface area contributed by atoms with Crippen LogP contribution in [0.5, 0.6) is 0 Å². The maximum Gasteiger partial charge on any atom is 0.253 e. The summed E-state index contributed by atoms with van der Waals surface area (Å²) >= 11 is 0. The Morgan fingerprint density at radius 3 is 2.48 bits per heavy atom. The van der Waals surface area contributed by atoms with E-state index in [0.717, 1.165) is 33.9 Å². The van der Waals surface area contributed by atoms with E-state index < -0.39 is 0 Å². The molecule has 0 saturated carbocycles. The highest BCUT2D eigenvalue weighted by atomic mass is 16.1. The fraction of sp³-hybridized carbons (Fsp3) is 0.500. The first kappa shape index (κ1) is 15.4. The van der Waals surface area contributed by atoms with E-state index in [-0.39, 0.29) is 5.91 Å². The summed E-state index contributed by atoms with van der Waals surface area (Å²) in [6, 6.07) is 2.31. The molecule has 2 rings (SSSR count). The van der Waals surface area contributed by atoms with Gasteiger partial charge in [0.15, 0.2) is 0 Å². The number of aromatic nitrogens is 3. The Kier molecular flexibility index (Phi) is 4.21. The molecule has 0 radical (unpaired) electrons. The minimum absolute atomic E-state index is 0.0324. The van der Waals surface area contributed by atoms with Crippen molar-refractivity contribution in [1.82, 2.24) is 20.1 Å². The summed E-state index contributed by atoms with van der Waals surface area (Å²) in [6.07, 6.45) is 0. The Morgan fingerprint density at radius 2 is 2.00 bits per heavy atom. The number of hydrogen-bond donors (Lipinski definition) is 2. The lowest BCUT2D eigenvalue weighted by atomic mass is 10.2. The SMILES string of the molecule is Cc1n[nH]c(C)c1CNC(=O)c1cc(C)n(C(C)C)c1C. The Labute approximate surface area is 125 Å². The molecule has 1 amide bonds. The molecule has 0 bridgehead atoms. The Balaban J connectivity index is 2.17. The lowest BCUT2D eigenvalue weighted by Crippen LogP contribution is -2.24. The van der Waals surface area contributed by atoms with Gasteiger partial charge >= 0.3 is 0 Å². The molecular weight excluding hydrogens is 264 g/mol. The van der Waals surface area contributed by atoms with Gasteiger partial charge in [0.05, 0.1) is 11.3 Å². The lowest BCUT2D eigenvalue weighted by Gasteiger charge is -2.13. The maximum atomic E-state index is 12.4. The molecule has 5 nitrogen and oxygen atoms in total. The van der Waals surface area contributed by atoms with Crippen LogP contribution in [-0.4, -0.2) is 20.7 Å². The van der Waals surface area contributed by atoms with Crippen LogP contribution in [0.1, 0.15) is 58.6 Å². The zero-order chi connectivity index (χ0) is 15.7. The average molecular weight is 288 g/mol. The molecule has 2 aromatic heterocycles. The first-order chi connectivity index (χ1) is 9.82. The van der Waals surface area contributed by atoms with Crippen LogP contribution in [0.4, 0.5) is 0 Å². The first-order valence-corrected chi connectivity index (χ1v) is 7.30. The summed E-state index contributed by atoms with van der Waals surface area (Å²) in [5.74, 6) is -0.0324. The van der Waals surface area contributed by atoms with E-state index in [1.807, 2.05) is 33.8 Å². The number of aromatic amines is 1. The summed E-state index contributed by atoms with van der Waals surface area (Å²) in [5, 5.41) is 10.1. The van der Waals surface area contributed by atoms with E-state index >= 15 is 0 Å². The van der Waals surface area contributed by atoms with Crippen molar-refractivity contribution in [3.8, 4) is 0 Å². The molecule has 21 heavy (non-hydrogen) atoms. The van der Waals surface area contributed by atoms with Gasteiger partial charge in [-0.2, -0.15) is 5.10 Å². The minimum atomic E-state index is -0.0324. The number of rotatable bonds is 4. The van der Waals surface area contributed by atoms with Crippen molar-refractivity contribution < 1.29 is 4.79 Å². The molecule has 0 saturated heterocycles. The van der Waals surface area contributed by atoms with Crippen LogP contribution in [0.25, 0.3) is 0 Å². The molecule has 0 aliphatic heterocycles. The van der Waals surface area contributed by atoms with E-state index in [1.165, 1.54) is 0 Å². The van der Waals surface area contributed by atoms with Gasteiger partial charge in [-0.05, 0) is 47.6 Å². The van der Waals surface area contributed by atoms with Crippen LogP contribution in [-0.2, 0) is 6.54 Å². The molecule has 0 unspecified atom stereocenters. The molecule has 0 atom stereocenters. The van der Waals surface area contributed by atoms with Gasteiger partial charge in [-0.1, -0.05) is 0 Å². The van der Waals surface area contributed by atoms with Gasteiger partial charge in [0.25, 0.3) is 5.91 Å². The Bertz CT molecular complexity index is 645. The number of amides is 1. The predicted molar refractivity (Wildman–Crippen MR) is 83.5 cm³/mol. The van der Waals surface area contributed by atoms with Crippen molar-refractivity contribution in [2.75, 3.05) is 0 Å². The Hall–Kier alpha value is -2.04. The smallest absolute Gasteiger partial charge is 0.253 e. The largest absolute Gasteiger partial charge is 0.348 e. The van der Waals surface area contributed by atoms with E-state index in [1.54, 1.807) is 0 Å². The highest BCUT2D eigenvalue weighted by Crippen LogP contribution is 2.20. The summed E-state index contributed by atoms with van der Waals surface area (Å²) < 4.78 is 2.18. The fourth-order valence-corrected chi connectivity index (χ4v) is 2.90. The summed E-state index contributed by atoms with van der Waals surface area (Å²) in [7, 11) is 0. The van der Waals surface area contributed by atoms with Crippen molar-refractivity contribution >= 4 is 5.91 Å². The number of carbonyl (C=O) groups is 1. The third-order valence-corrected chi connectivity index (χ3v) is 3.95. The standard InChI is InChI=1S/C16H24N4O/c1-9(2)20-10(3)7-14(13(20)6)16(21)17-8-15-11(4)18-19-12(15)5/h7,9H,8H2,1-6H3,(H,17,21)(H,18,19). The van der Waals surface area contributed by atoms with E-state index in [4.69, 9.17) is 0 Å². The van der Waals surface area contributed by atoms with Crippen LogP contribution < -0.4 is 5.32 Å². The molecule has 0 spiro atoms. The van der Waals surface area contributed by atoms with Gasteiger partial charge < -0.3 is 9.88 Å². The summed E-state index contributed by atoms with van der Waals surface area (Å²) in [4.78, 5) is 12.4. The maximum absolute atomic E-state index is 12.4. The van der Waals surface area contributed by atoms with Crippen LogP contribution in [0, 0.1) is 27.7 Å². The predicted octanol–water partition coefficient (Wildman–Crippen LogP) is 2.96. The van der Waals surface area contributed by atoms with Crippen LogP contribution >= 0.6 is 0 Å². The second-order valence-corrected chi connectivity index (χ2v) is 5.84. The highest BCUT2D eigenvalue weighted by Gasteiger charge is 2.17. The molecule has 2 N–H and O–H groups in total. The molecule has 0 aromatic carbocycles. The van der Waals surface area contributed by atoms with Gasteiger partial charge in [-0.15, -0.1) is 0 Å². The van der Waals surface area contributed by atoms with Gasteiger partial charge in [0.2, 0.25) is 0 Å². The molecule has 2 heterocycles. The number of carbonyl (C=O) groups excluding carboxylic acids is 1. The van der Waals surface area contributed by atoms with Crippen molar-refractivity contribution in [2.24, 2.45) is 0 Å². The molecule has 2 aromatic rings. The zero-order valence-electron chi connectivity index (χ0n) is 13.7.